The molecule has 2 heterocycles. The van der Waals surface area contributed by atoms with Gasteiger partial charge < -0.3 is 10.2 Å². The van der Waals surface area contributed by atoms with E-state index in [2.05, 4.69) is 40.5 Å². The van der Waals surface area contributed by atoms with Crippen LogP contribution in [-0.4, -0.2) is 56.1 Å². The Morgan fingerprint density at radius 1 is 1.36 bits per heavy atom. The van der Waals surface area contributed by atoms with Crippen molar-refractivity contribution < 1.29 is 0 Å². The van der Waals surface area contributed by atoms with E-state index in [1.807, 2.05) is 0 Å². The van der Waals surface area contributed by atoms with Gasteiger partial charge in [0.15, 0.2) is 0 Å². The quantitative estimate of drug-likeness (QED) is 0.679. The van der Waals surface area contributed by atoms with Gasteiger partial charge in [-0.1, -0.05) is 6.08 Å². The second kappa shape index (κ2) is 4.62. The van der Waals surface area contributed by atoms with Crippen molar-refractivity contribution in [2.75, 3.05) is 46.3 Å². The van der Waals surface area contributed by atoms with Crippen molar-refractivity contribution in [1.82, 2.24) is 15.1 Å². The largest absolute Gasteiger partial charge is 0.377 e. The van der Waals surface area contributed by atoms with Crippen LogP contribution in [0.5, 0.6) is 0 Å². The third-order valence-electron chi connectivity index (χ3n) is 2.80. The van der Waals surface area contributed by atoms with Gasteiger partial charge in [-0.3, -0.25) is 4.90 Å². The lowest BCUT2D eigenvalue weighted by Gasteiger charge is -2.28. The molecule has 3 heteroatoms. The highest BCUT2D eigenvalue weighted by atomic mass is 15.2. The minimum atomic E-state index is 1.05. The average molecular weight is 193 g/mol. The first-order valence-corrected chi connectivity index (χ1v) is 5.35. The van der Waals surface area contributed by atoms with Crippen LogP contribution in [0.25, 0.3) is 0 Å². The van der Waals surface area contributed by atoms with Gasteiger partial charge in [-0.25, -0.2) is 0 Å². The van der Waals surface area contributed by atoms with E-state index in [1.54, 1.807) is 0 Å². The van der Waals surface area contributed by atoms with Crippen LogP contribution in [0, 0.1) is 0 Å². The van der Waals surface area contributed by atoms with Crippen molar-refractivity contribution in [2.45, 2.75) is 0 Å². The Morgan fingerprint density at radius 3 is 2.79 bits per heavy atom. The van der Waals surface area contributed by atoms with Gasteiger partial charge in [0.25, 0.3) is 0 Å². The van der Waals surface area contributed by atoms with E-state index in [9.17, 15) is 0 Å². The Hall–Kier alpha value is -0.800. The molecule has 0 amide bonds. The smallest absolute Gasteiger partial charge is 0.0356 e. The van der Waals surface area contributed by atoms with Gasteiger partial charge >= 0.3 is 0 Å². The van der Waals surface area contributed by atoms with Gasteiger partial charge in [-0.15, -0.1) is 0 Å². The Morgan fingerprint density at radius 2 is 2.14 bits per heavy atom. The summed E-state index contributed by atoms with van der Waals surface area (Å²) in [6.45, 7) is 6.81. The topological polar surface area (TPSA) is 18.5 Å². The lowest BCUT2D eigenvalue weighted by molar-refractivity contribution is 0.260. The molecule has 0 spiro atoms. The predicted octanol–water partition coefficient (Wildman–Crippen LogP) is 0.277. The third-order valence-corrected chi connectivity index (χ3v) is 2.80. The second-order valence-electron chi connectivity index (χ2n) is 4.06. The number of nitrogens with zero attached hydrogens (tertiary/aromatic N) is 2. The molecule has 0 aromatic carbocycles. The van der Waals surface area contributed by atoms with Gasteiger partial charge in [0, 0.05) is 46.3 Å². The summed E-state index contributed by atoms with van der Waals surface area (Å²) in [6, 6.07) is 0. The summed E-state index contributed by atoms with van der Waals surface area (Å²) < 4.78 is 0. The Balaban J connectivity index is 1.82. The fourth-order valence-electron chi connectivity index (χ4n) is 1.86. The maximum absolute atomic E-state index is 3.37. The molecule has 2 aliphatic heterocycles. The first kappa shape index (κ1) is 9.74. The molecule has 1 N–H and O–H groups in total. The maximum Gasteiger partial charge on any atom is 0.0356 e. The Kier molecular flexibility index (Phi) is 3.22. The molecule has 0 radical (unpaired) electrons. The van der Waals surface area contributed by atoms with Crippen LogP contribution < -0.4 is 5.32 Å². The van der Waals surface area contributed by atoms with E-state index in [0.717, 1.165) is 26.2 Å². The van der Waals surface area contributed by atoms with E-state index >= 15 is 0 Å². The summed E-state index contributed by atoms with van der Waals surface area (Å²) in [4.78, 5) is 4.71. The molecule has 14 heavy (non-hydrogen) atoms. The summed E-state index contributed by atoms with van der Waals surface area (Å²) >= 11 is 0. The molecule has 0 aliphatic carbocycles. The monoisotopic (exact) mass is 193 g/mol. The first-order chi connectivity index (χ1) is 6.84. The molecular weight excluding hydrogens is 174 g/mol. The van der Waals surface area contributed by atoms with Crippen LogP contribution in [0.3, 0.4) is 0 Å². The van der Waals surface area contributed by atoms with Crippen LogP contribution in [-0.2, 0) is 0 Å². The molecule has 3 nitrogen and oxygen atoms in total. The minimum absolute atomic E-state index is 1.05. The van der Waals surface area contributed by atoms with Gasteiger partial charge in [0.2, 0.25) is 0 Å². The molecule has 1 fully saturated rings. The zero-order chi connectivity index (χ0) is 9.80. The highest BCUT2D eigenvalue weighted by molar-refractivity contribution is 5.23. The maximum atomic E-state index is 3.37. The lowest BCUT2D eigenvalue weighted by Crippen LogP contribution is -2.44. The SMILES string of the molecule is CN1C=CC(CN2CCNCC2)=CC1. The Bertz CT molecular complexity index is 239. The zero-order valence-electron chi connectivity index (χ0n) is 8.87. The van der Waals surface area contributed by atoms with Crippen molar-refractivity contribution >= 4 is 0 Å². The number of likely N-dealkylation sites (N-methyl/N-ethyl adjacent to an activating group) is 1. The van der Waals surface area contributed by atoms with E-state index in [4.69, 9.17) is 0 Å². The highest BCUT2D eigenvalue weighted by Gasteiger charge is 2.10. The number of piperazine rings is 1. The van der Waals surface area contributed by atoms with E-state index in [0.29, 0.717) is 0 Å². The number of hydrogen-bond donors (Lipinski definition) is 1. The zero-order valence-corrected chi connectivity index (χ0v) is 8.87. The van der Waals surface area contributed by atoms with Crippen molar-refractivity contribution in [3.8, 4) is 0 Å². The van der Waals surface area contributed by atoms with Crippen molar-refractivity contribution in [2.24, 2.45) is 0 Å². The molecule has 0 saturated carbocycles. The van der Waals surface area contributed by atoms with Gasteiger partial charge in [-0.05, 0) is 17.8 Å². The van der Waals surface area contributed by atoms with Crippen LogP contribution in [0.1, 0.15) is 0 Å². The van der Waals surface area contributed by atoms with E-state index < -0.39 is 0 Å². The van der Waals surface area contributed by atoms with Crippen LogP contribution in [0.15, 0.2) is 23.9 Å². The van der Waals surface area contributed by atoms with Gasteiger partial charge in [0.05, 0.1) is 0 Å². The van der Waals surface area contributed by atoms with Gasteiger partial charge in [0.1, 0.15) is 0 Å². The predicted molar refractivity (Wildman–Crippen MR) is 59.2 cm³/mol. The molecular formula is C11H19N3. The summed E-state index contributed by atoms with van der Waals surface area (Å²) in [5, 5.41) is 3.37. The number of hydrogen-bond acceptors (Lipinski definition) is 3. The average Bonchev–Trinajstić information content (AvgIpc) is 2.23. The highest BCUT2D eigenvalue weighted by Crippen LogP contribution is 2.07. The number of nitrogens with one attached hydrogen (secondary N) is 1. The van der Waals surface area contributed by atoms with Crippen molar-refractivity contribution in [1.29, 1.82) is 0 Å². The molecule has 78 valence electrons. The fourth-order valence-corrected chi connectivity index (χ4v) is 1.86. The standard InChI is InChI=1S/C11H19N3/c1-13-6-2-11(3-7-13)10-14-8-4-12-5-9-14/h2-3,6,12H,4-5,7-10H2,1H3. The molecule has 2 rings (SSSR count). The summed E-state index contributed by atoms with van der Waals surface area (Å²) in [6.07, 6.45) is 6.71. The number of rotatable bonds is 2. The fraction of sp³-hybridized carbons (Fsp3) is 0.636. The third kappa shape index (κ3) is 2.59. The second-order valence-corrected chi connectivity index (χ2v) is 4.06. The van der Waals surface area contributed by atoms with Crippen LogP contribution in [0.4, 0.5) is 0 Å². The van der Waals surface area contributed by atoms with E-state index in [1.165, 1.54) is 18.7 Å². The van der Waals surface area contributed by atoms with Crippen LogP contribution >= 0.6 is 0 Å². The Labute approximate surface area is 86.1 Å². The van der Waals surface area contributed by atoms with Crippen molar-refractivity contribution in [3.63, 3.8) is 0 Å². The lowest BCUT2D eigenvalue weighted by atomic mass is 10.1. The summed E-state index contributed by atoms with van der Waals surface area (Å²) in [5.41, 5.74) is 1.46. The van der Waals surface area contributed by atoms with Crippen molar-refractivity contribution in [3.05, 3.63) is 23.9 Å². The molecule has 0 atom stereocenters. The molecule has 2 aliphatic rings. The minimum Gasteiger partial charge on any atom is -0.377 e. The normalized spacial score (nSPS) is 23.8. The van der Waals surface area contributed by atoms with Gasteiger partial charge in [-0.2, -0.15) is 0 Å². The molecule has 0 bridgehead atoms. The van der Waals surface area contributed by atoms with E-state index in [-0.39, 0.29) is 0 Å². The molecule has 0 unspecified atom stereocenters. The first-order valence-electron chi connectivity index (χ1n) is 5.35. The molecule has 1 saturated heterocycles. The summed E-state index contributed by atoms with van der Waals surface area (Å²) in [7, 11) is 2.11. The molecule has 0 aromatic rings. The van der Waals surface area contributed by atoms with Crippen LogP contribution in [0.2, 0.25) is 0 Å². The molecule has 0 aromatic heterocycles. The summed E-state index contributed by atoms with van der Waals surface area (Å²) in [5.74, 6) is 0.